The molecular formula is C21H34O2. The summed E-state index contributed by atoms with van der Waals surface area (Å²) in [4.78, 5) is 12.5. The van der Waals surface area contributed by atoms with Gasteiger partial charge in [0.15, 0.2) is 0 Å². The summed E-state index contributed by atoms with van der Waals surface area (Å²) >= 11 is 0. The first-order valence-electron chi connectivity index (χ1n) is 9.73. The fraction of sp³-hybridized carbons (Fsp3) is 0.857. The van der Waals surface area contributed by atoms with Crippen molar-refractivity contribution in [3.05, 3.63) is 12.2 Å². The van der Waals surface area contributed by atoms with Gasteiger partial charge in [0.25, 0.3) is 0 Å². The van der Waals surface area contributed by atoms with Gasteiger partial charge in [-0.15, -0.1) is 0 Å². The van der Waals surface area contributed by atoms with Crippen molar-refractivity contribution in [1.82, 2.24) is 0 Å². The van der Waals surface area contributed by atoms with E-state index in [1.165, 1.54) is 44.9 Å². The molecule has 4 aliphatic rings. The van der Waals surface area contributed by atoms with Gasteiger partial charge in [0.05, 0.1) is 0 Å². The third kappa shape index (κ3) is 2.66. The van der Waals surface area contributed by atoms with E-state index < -0.39 is 0 Å². The average Bonchev–Trinajstić information content (AvgIpc) is 2.47. The molecule has 4 saturated carbocycles. The van der Waals surface area contributed by atoms with E-state index >= 15 is 0 Å². The Balaban J connectivity index is 1.98. The van der Waals surface area contributed by atoms with Crippen molar-refractivity contribution >= 4 is 5.97 Å². The van der Waals surface area contributed by atoms with E-state index in [4.69, 9.17) is 4.74 Å². The van der Waals surface area contributed by atoms with Crippen molar-refractivity contribution in [1.29, 1.82) is 0 Å². The molecule has 3 atom stereocenters. The maximum atomic E-state index is 12.5. The summed E-state index contributed by atoms with van der Waals surface area (Å²) in [7, 11) is 0. The lowest BCUT2D eigenvalue weighted by molar-refractivity contribution is -0.241. The highest BCUT2D eigenvalue weighted by atomic mass is 16.6. The van der Waals surface area contributed by atoms with Crippen LogP contribution in [0.5, 0.6) is 0 Å². The van der Waals surface area contributed by atoms with Gasteiger partial charge in [-0.05, 0) is 69.1 Å². The normalized spacial score (nSPS) is 42.5. The van der Waals surface area contributed by atoms with Crippen molar-refractivity contribution < 1.29 is 9.53 Å². The molecule has 0 saturated heterocycles. The number of hydrogen-bond donors (Lipinski definition) is 0. The molecule has 23 heavy (non-hydrogen) atoms. The Kier molecular flexibility index (Phi) is 4.40. The minimum Gasteiger partial charge on any atom is -0.455 e. The first kappa shape index (κ1) is 17.0. The fourth-order valence-electron chi connectivity index (χ4n) is 6.65. The van der Waals surface area contributed by atoms with Crippen molar-refractivity contribution in [3.63, 3.8) is 0 Å². The maximum Gasteiger partial charge on any atom is 0.333 e. The topological polar surface area (TPSA) is 26.3 Å². The summed E-state index contributed by atoms with van der Waals surface area (Å²) in [6.07, 6.45) is 9.92. The Labute approximate surface area is 142 Å². The molecule has 0 spiro atoms. The predicted octanol–water partition coefficient (Wildman–Crippen LogP) is 5.52. The standard InChI is InChI=1S/C21H34O2/c1-6-8-16(7-2)21(23-19(22)14(3)4)17-9-15-10-18(21)13-20(5,11-15)12-17/h15-18H,3,6-13H2,1-2,4-5H3. The Morgan fingerprint density at radius 2 is 1.83 bits per heavy atom. The number of rotatable bonds is 6. The third-order valence-corrected chi connectivity index (χ3v) is 7.16. The molecule has 4 rings (SSSR count). The molecule has 2 nitrogen and oxygen atoms in total. The molecule has 4 bridgehead atoms. The first-order valence-corrected chi connectivity index (χ1v) is 9.73. The molecule has 4 aliphatic carbocycles. The SMILES string of the molecule is C=C(C)C(=O)OC1(C(CC)CCC)C2CC3CC1CC(C)(C3)C2. The summed E-state index contributed by atoms with van der Waals surface area (Å²) < 4.78 is 6.39. The molecule has 130 valence electrons. The van der Waals surface area contributed by atoms with Gasteiger partial charge in [-0.1, -0.05) is 33.8 Å². The largest absolute Gasteiger partial charge is 0.455 e. The van der Waals surface area contributed by atoms with Crippen molar-refractivity contribution in [2.45, 2.75) is 84.7 Å². The molecule has 3 unspecified atom stereocenters. The number of ether oxygens (including phenoxy) is 1. The number of hydrogen-bond acceptors (Lipinski definition) is 2. The van der Waals surface area contributed by atoms with Gasteiger partial charge in [0.1, 0.15) is 5.60 Å². The average molecular weight is 319 g/mol. The van der Waals surface area contributed by atoms with E-state index in [0.717, 1.165) is 12.3 Å². The zero-order chi connectivity index (χ0) is 16.8. The van der Waals surface area contributed by atoms with Crippen molar-refractivity contribution in [3.8, 4) is 0 Å². The zero-order valence-corrected chi connectivity index (χ0v) is 15.5. The minimum atomic E-state index is -0.211. The molecule has 0 N–H and O–H groups in total. The molecule has 2 heteroatoms. The van der Waals surface area contributed by atoms with Crippen LogP contribution in [0.4, 0.5) is 0 Å². The highest BCUT2D eigenvalue weighted by Crippen LogP contribution is 2.66. The van der Waals surface area contributed by atoms with Crippen LogP contribution in [0.2, 0.25) is 0 Å². The van der Waals surface area contributed by atoms with Crippen LogP contribution in [-0.2, 0) is 9.53 Å². The van der Waals surface area contributed by atoms with Gasteiger partial charge in [0, 0.05) is 17.4 Å². The van der Waals surface area contributed by atoms with E-state index in [9.17, 15) is 4.79 Å². The van der Waals surface area contributed by atoms with Crippen molar-refractivity contribution in [2.24, 2.45) is 29.1 Å². The Morgan fingerprint density at radius 1 is 1.22 bits per heavy atom. The second kappa shape index (κ2) is 5.93. The molecule has 0 aromatic rings. The Hall–Kier alpha value is -0.790. The molecule has 0 heterocycles. The Morgan fingerprint density at radius 3 is 2.26 bits per heavy atom. The summed E-state index contributed by atoms with van der Waals surface area (Å²) in [5, 5.41) is 0. The Bertz CT molecular complexity index is 476. The smallest absolute Gasteiger partial charge is 0.333 e. The lowest BCUT2D eigenvalue weighted by Crippen LogP contribution is -2.65. The molecule has 0 aromatic heterocycles. The summed E-state index contributed by atoms with van der Waals surface area (Å²) in [6.45, 7) is 12.6. The highest BCUT2D eigenvalue weighted by molar-refractivity contribution is 5.87. The van der Waals surface area contributed by atoms with Crippen LogP contribution in [-0.4, -0.2) is 11.6 Å². The number of carbonyl (C=O) groups excluding carboxylic acids is 1. The molecule has 0 aromatic carbocycles. The quantitative estimate of drug-likeness (QED) is 0.476. The monoisotopic (exact) mass is 318 g/mol. The summed E-state index contributed by atoms with van der Waals surface area (Å²) in [6, 6.07) is 0. The predicted molar refractivity (Wildman–Crippen MR) is 94.0 cm³/mol. The molecule has 0 radical (unpaired) electrons. The van der Waals surface area contributed by atoms with Crippen LogP contribution >= 0.6 is 0 Å². The zero-order valence-electron chi connectivity index (χ0n) is 15.5. The number of esters is 1. The lowest BCUT2D eigenvalue weighted by Gasteiger charge is -2.65. The molecular weight excluding hydrogens is 284 g/mol. The summed E-state index contributed by atoms with van der Waals surface area (Å²) in [5.74, 6) is 2.36. The van der Waals surface area contributed by atoms with Crippen LogP contribution in [0, 0.1) is 29.1 Å². The second-order valence-electron chi connectivity index (χ2n) is 9.07. The van der Waals surface area contributed by atoms with Gasteiger partial charge in [-0.25, -0.2) is 4.79 Å². The van der Waals surface area contributed by atoms with Gasteiger partial charge in [-0.3, -0.25) is 0 Å². The number of carbonyl (C=O) groups is 1. The summed E-state index contributed by atoms with van der Waals surface area (Å²) in [5.41, 5.74) is 0.841. The van der Waals surface area contributed by atoms with Crippen molar-refractivity contribution in [2.75, 3.05) is 0 Å². The van der Waals surface area contributed by atoms with E-state index in [1.807, 2.05) is 0 Å². The van der Waals surface area contributed by atoms with E-state index in [1.54, 1.807) is 6.92 Å². The third-order valence-electron chi connectivity index (χ3n) is 7.16. The maximum absolute atomic E-state index is 12.5. The van der Waals surface area contributed by atoms with Crippen LogP contribution in [0.3, 0.4) is 0 Å². The van der Waals surface area contributed by atoms with E-state index in [0.29, 0.717) is 28.7 Å². The lowest BCUT2D eigenvalue weighted by atomic mass is 9.42. The van der Waals surface area contributed by atoms with Gasteiger partial charge in [0.2, 0.25) is 0 Å². The molecule has 4 fully saturated rings. The van der Waals surface area contributed by atoms with Crippen LogP contribution in [0.25, 0.3) is 0 Å². The highest BCUT2D eigenvalue weighted by Gasteiger charge is 2.64. The van der Waals surface area contributed by atoms with Crippen LogP contribution in [0.1, 0.15) is 79.1 Å². The van der Waals surface area contributed by atoms with Crippen LogP contribution < -0.4 is 0 Å². The van der Waals surface area contributed by atoms with Gasteiger partial charge in [-0.2, -0.15) is 0 Å². The molecule has 0 amide bonds. The van der Waals surface area contributed by atoms with E-state index in [-0.39, 0.29) is 11.6 Å². The fourth-order valence-corrected chi connectivity index (χ4v) is 6.65. The van der Waals surface area contributed by atoms with Gasteiger partial charge < -0.3 is 4.74 Å². The van der Waals surface area contributed by atoms with Gasteiger partial charge >= 0.3 is 5.97 Å². The van der Waals surface area contributed by atoms with Crippen LogP contribution in [0.15, 0.2) is 12.2 Å². The second-order valence-corrected chi connectivity index (χ2v) is 9.07. The molecule has 0 aliphatic heterocycles. The minimum absolute atomic E-state index is 0.155. The van der Waals surface area contributed by atoms with E-state index in [2.05, 4.69) is 27.4 Å². The first-order chi connectivity index (χ1) is 10.8.